The molecule has 0 amide bonds. The van der Waals surface area contributed by atoms with Gasteiger partial charge in [-0.3, -0.25) is 14.4 Å². The highest BCUT2D eigenvalue weighted by Gasteiger charge is 2.64. The first kappa shape index (κ1) is 28.9. The highest BCUT2D eigenvalue weighted by molar-refractivity contribution is 6.05. The standard InChI is InChI=1S/C34H44O6/c1-18(2)19(3)31(40-32(39)21-10-8-7-9-11-21)29(37)20(4)23-12-13-24-27-28(26(36)17-34(23,24)6)33(5)15-14-22(35)16-25(33)30(27)38/h7-11,18-20,23-26,31,36H,12-17H2,1-6H3/t19-,20+,23-,24+,25+,26-,31+,33+,34-/m1/s1. The zero-order valence-corrected chi connectivity index (χ0v) is 24.7. The number of carbonyl (C=O) groups is 4. The summed E-state index contributed by atoms with van der Waals surface area (Å²) in [4.78, 5) is 53.4. The Morgan fingerprint density at radius 2 is 1.68 bits per heavy atom. The number of hydrogen-bond donors (Lipinski definition) is 1. The first-order valence-corrected chi connectivity index (χ1v) is 15.1. The molecule has 40 heavy (non-hydrogen) atoms. The van der Waals surface area contributed by atoms with Crippen LogP contribution in [0.2, 0.25) is 0 Å². The Kier molecular flexibility index (Phi) is 7.48. The number of ether oxygens (including phenoxy) is 1. The van der Waals surface area contributed by atoms with Crippen LogP contribution in [-0.4, -0.2) is 40.6 Å². The monoisotopic (exact) mass is 548 g/mol. The van der Waals surface area contributed by atoms with Crippen LogP contribution in [0.25, 0.3) is 0 Å². The normalized spacial score (nSPS) is 35.6. The number of ketones is 3. The van der Waals surface area contributed by atoms with Gasteiger partial charge in [0.1, 0.15) is 5.78 Å². The van der Waals surface area contributed by atoms with Crippen molar-refractivity contribution in [2.75, 3.05) is 0 Å². The van der Waals surface area contributed by atoms with Crippen molar-refractivity contribution in [3.8, 4) is 0 Å². The van der Waals surface area contributed by atoms with Gasteiger partial charge in [0.25, 0.3) is 0 Å². The Morgan fingerprint density at radius 3 is 2.33 bits per heavy atom. The average molecular weight is 549 g/mol. The third-order valence-corrected chi connectivity index (χ3v) is 11.4. The number of allylic oxidation sites excluding steroid dienone is 1. The van der Waals surface area contributed by atoms with Crippen LogP contribution in [0.3, 0.4) is 0 Å². The van der Waals surface area contributed by atoms with Gasteiger partial charge < -0.3 is 9.84 Å². The number of aliphatic hydroxyl groups excluding tert-OH is 1. The van der Waals surface area contributed by atoms with Crippen molar-refractivity contribution in [2.24, 2.45) is 46.3 Å². The van der Waals surface area contributed by atoms with Gasteiger partial charge in [-0.1, -0.05) is 59.7 Å². The molecule has 4 aliphatic carbocycles. The summed E-state index contributed by atoms with van der Waals surface area (Å²) in [5.74, 6) is -1.33. The van der Waals surface area contributed by atoms with Gasteiger partial charge in [0.05, 0.1) is 11.7 Å². The lowest BCUT2D eigenvalue weighted by atomic mass is 9.57. The average Bonchev–Trinajstić information content (AvgIpc) is 3.37. The van der Waals surface area contributed by atoms with Crippen LogP contribution in [0.4, 0.5) is 0 Å². The molecule has 1 aromatic carbocycles. The Bertz CT molecular complexity index is 1250. The molecule has 2 saturated carbocycles. The summed E-state index contributed by atoms with van der Waals surface area (Å²) in [7, 11) is 0. The second kappa shape index (κ2) is 10.3. The SMILES string of the molecule is CC(C)[C@@H](C)[C@H](OC(=O)c1ccccc1)C(=O)[C@@H](C)[C@H]1CC[C@H]2C3=C([C@H](O)C[C@]12C)[C@@]1(C)CCC(=O)C[C@H]1C3=O. The number of carbonyl (C=O) groups excluding carboxylic acids is 4. The molecule has 6 nitrogen and oxygen atoms in total. The van der Waals surface area contributed by atoms with Crippen LogP contribution in [0.1, 0.15) is 90.4 Å². The van der Waals surface area contributed by atoms with E-state index in [1.54, 1.807) is 24.3 Å². The van der Waals surface area contributed by atoms with Gasteiger partial charge in [-0.05, 0) is 66.6 Å². The van der Waals surface area contributed by atoms with Crippen molar-refractivity contribution in [1.82, 2.24) is 0 Å². The van der Waals surface area contributed by atoms with E-state index >= 15 is 0 Å². The van der Waals surface area contributed by atoms with Crippen LogP contribution >= 0.6 is 0 Å². The summed E-state index contributed by atoms with van der Waals surface area (Å²) in [6, 6.07) is 8.76. The quantitative estimate of drug-likeness (QED) is 0.435. The molecule has 5 rings (SSSR count). The van der Waals surface area contributed by atoms with Gasteiger partial charge in [0.2, 0.25) is 0 Å². The predicted molar refractivity (Wildman–Crippen MR) is 151 cm³/mol. The van der Waals surface area contributed by atoms with Crippen LogP contribution in [0, 0.1) is 46.3 Å². The maximum atomic E-state index is 14.2. The predicted octanol–water partition coefficient (Wildman–Crippen LogP) is 5.76. The zero-order chi connectivity index (χ0) is 29.1. The van der Waals surface area contributed by atoms with Crippen LogP contribution in [0.15, 0.2) is 41.5 Å². The highest BCUT2D eigenvalue weighted by atomic mass is 16.5. The summed E-state index contributed by atoms with van der Waals surface area (Å²) in [6.07, 6.45) is 1.73. The Labute approximate surface area is 237 Å². The molecule has 0 spiro atoms. The Hall–Kier alpha value is -2.60. The molecule has 2 fully saturated rings. The summed E-state index contributed by atoms with van der Waals surface area (Å²) < 4.78 is 5.93. The smallest absolute Gasteiger partial charge is 0.338 e. The van der Waals surface area contributed by atoms with E-state index in [4.69, 9.17) is 4.74 Å². The van der Waals surface area contributed by atoms with E-state index in [2.05, 4.69) is 13.8 Å². The van der Waals surface area contributed by atoms with E-state index in [-0.39, 0.29) is 53.4 Å². The number of Topliss-reactive ketones (excluding diaryl/α,β-unsaturated/α-hetero) is 3. The molecular weight excluding hydrogens is 504 g/mol. The van der Waals surface area contributed by atoms with E-state index in [1.807, 2.05) is 33.8 Å². The molecular formula is C34H44O6. The van der Waals surface area contributed by atoms with E-state index in [1.165, 1.54) is 0 Å². The fourth-order valence-electron chi connectivity index (χ4n) is 8.74. The molecule has 0 unspecified atom stereocenters. The summed E-state index contributed by atoms with van der Waals surface area (Å²) >= 11 is 0. The van der Waals surface area contributed by atoms with Crippen LogP contribution < -0.4 is 0 Å². The van der Waals surface area contributed by atoms with Crippen molar-refractivity contribution in [3.63, 3.8) is 0 Å². The molecule has 0 aliphatic heterocycles. The van der Waals surface area contributed by atoms with Crippen molar-refractivity contribution in [3.05, 3.63) is 47.0 Å². The molecule has 4 aliphatic rings. The number of aliphatic hydroxyl groups is 1. The largest absolute Gasteiger partial charge is 0.450 e. The van der Waals surface area contributed by atoms with E-state index in [0.29, 0.717) is 24.8 Å². The number of fused-ring (bicyclic) bond motifs is 4. The molecule has 0 saturated heterocycles. The first-order chi connectivity index (χ1) is 18.8. The number of esters is 1. The topological polar surface area (TPSA) is 97.7 Å². The fourth-order valence-corrected chi connectivity index (χ4v) is 8.74. The Morgan fingerprint density at radius 1 is 1.00 bits per heavy atom. The second-order valence-corrected chi connectivity index (χ2v) is 13.9. The maximum absolute atomic E-state index is 14.2. The van der Waals surface area contributed by atoms with E-state index < -0.39 is 34.9 Å². The number of benzene rings is 1. The third-order valence-electron chi connectivity index (χ3n) is 11.4. The maximum Gasteiger partial charge on any atom is 0.338 e. The van der Waals surface area contributed by atoms with Crippen molar-refractivity contribution < 1.29 is 29.0 Å². The van der Waals surface area contributed by atoms with E-state index in [0.717, 1.165) is 24.0 Å². The van der Waals surface area contributed by atoms with Gasteiger partial charge in [0.15, 0.2) is 17.7 Å². The van der Waals surface area contributed by atoms with Crippen molar-refractivity contribution >= 4 is 23.3 Å². The van der Waals surface area contributed by atoms with Gasteiger partial charge >= 0.3 is 5.97 Å². The highest BCUT2D eigenvalue weighted by Crippen LogP contribution is 2.66. The van der Waals surface area contributed by atoms with Crippen molar-refractivity contribution in [1.29, 1.82) is 0 Å². The molecule has 9 atom stereocenters. The van der Waals surface area contributed by atoms with Crippen LogP contribution in [0.5, 0.6) is 0 Å². The zero-order valence-electron chi connectivity index (χ0n) is 24.7. The minimum Gasteiger partial charge on any atom is -0.450 e. The van der Waals surface area contributed by atoms with Gasteiger partial charge in [-0.15, -0.1) is 0 Å². The molecule has 1 aromatic rings. The lowest BCUT2D eigenvalue weighted by Gasteiger charge is -2.47. The molecule has 0 bridgehead atoms. The van der Waals surface area contributed by atoms with E-state index in [9.17, 15) is 24.3 Å². The molecule has 0 radical (unpaired) electrons. The lowest BCUT2D eigenvalue weighted by Crippen LogP contribution is -2.47. The summed E-state index contributed by atoms with van der Waals surface area (Å²) in [6.45, 7) is 12.1. The molecule has 1 N–H and O–H groups in total. The molecule has 216 valence electrons. The molecule has 0 heterocycles. The van der Waals surface area contributed by atoms with Gasteiger partial charge in [-0.2, -0.15) is 0 Å². The molecule has 0 aromatic heterocycles. The minimum atomic E-state index is -0.880. The first-order valence-electron chi connectivity index (χ1n) is 15.1. The Balaban J connectivity index is 1.43. The second-order valence-electron chi connectivity index (χ2n) is 13.9. The number of hydrogen-bond acceptors (Lipinski definition) is 6. The summed E-state index contributed by atoms with van der Waals surface area (Å²) in [5.41, 5.74) is 1.16. The third kappa shape index (κ3) is 4.42. The summed E-state index contributed by atoms with van der Waals surface area (Å²) in [5, 5.41) is 11.6. The fraction of sp³-hybridized carbons (Fsp3) is 0.647. The van der Waals surface area contributed by atoms with Crippen LogP contribution in [-0.2, 0) is 19.1 Å². The number of rotatable bonds is 7. The lowest BCUT2D eigenvalue weighted by molar-refractivity contribution is -0.138. The van der Waals surface area contributed by atoms with Gasteiger partial charge in [-0.25, -0.2) is 4.79 Å². The minimum absolute atomic E-state index is 0.0379. The van der Waals surface area contributed by atoms with Crippen molar-refractivity contribution in [2.45, 2.75) is 92.3 Å². The molecule has 6 heteroatoms. The van der Waals surface area contributed by atoms with Gasteiger partial charge in [0, 0.05) is 41.6 Å².